The number of carbonyl (C=O) groups is 2. The van der Waals surface area contributed by atoms with Gasteiger partial charge in [-0.3, -0.25) is 9.59 Å². The first kappa shape index (κ1) is 13.8. The lowest BCUT2D eigenvalue weighted by atomic mass is 10.1. The number of anilines is 1. The molecular formula is C12H14BrN3O3. The minimum absolute atomic E-state index is 0.0910. The van der Waals surface area contributed by atoms with Gasteiger partial charge in [0.1, 0.15) is 6.04 Å². The number of primary amides is 1. The molecule has 0 radical (unpaired) electrons. The highest BCUT2D eigenvalue weighted by Gasteiger charge is 2.38. The Kier molecular flexibility index (Phi) is 3.77. The summed E-state index contributed by atoms with van der Waals surface area (Å²) in [6, 6.07) is 4.13. The number of benzene rings is 1. The number of carbonyl (C=O) groups excluding carboxylic acids is 2. The largest absolute Gasteiger partial charge is 0.398 e. The first-order chi connectivity index (χ1) is 8.91. The molecule has 1 aromatic carbocycles. The van der Waals surface area contributed by atoms with E-state index in [1.807, 2.05) is 0 Å². The fourth-order valence-electron chi connectivity index (χ4n) is 2.18. The Morgan fingerprint density at radius 2 is 2.11 bits per heavy atom. The molecular weight excluding hydrogens is 314 g/mol. The van der Waals surface area contributed by atoms with Gasteiger partial charge in [-0.2, -0.15) is 0 Å². The van der Waals surface area contributed by atoms with Gasteiger partial charge in [-0.25, -0.2) is 0 Å². The molecule has 7 heteroatoms. The number of hydrogen-bond donors (Lipinski definition) is 3. The SMILES string of the molecule is NC(=O)C1CC(O)CN1C(=O)c1cccc(N)c1Br. The zero-order chi connectivity index (χ0) is 14.2. The summed E-state index contributed by atoms with van der Waals surface area (Å²) in [5, 5.41) is 9.60. The summed E-state index contributed by atoms with van der Waals surface area (Å²) in [7, 11) is 0. The van der Waals surface area contributed by atoms with Crippen molar-refractivity contribution >= 4 is 33.4 Å². The lowest BCUT2D eigenvalue weighted by Gasteiger charge is -2.22. The molecule has 1 heterocycles. The van der Waals surface area contributed by atoms with Crippen molar-refractivity contribution in [3.05, 3.63) is 28.2 Å². The number of halogens is 1. The van der Waals surface area contributed by atoms with Gasteiger partial charge in [0.15, 0.2) is 0 Å². The van der Waals surface area contributed by atoms with Crippen molar-refractivity contribution < 1.29 is 14.7 Å². The molecule has 2 rings (SSSR count). The second kappa shape index (κ2) is 5.18. The zero-order valence-corrected chi connectivity index (χ0v) is 11.6. The maximum atomic E-state index is 12.4. The van der Waals surface area contributed by atoms with Gasteiger partial charge in [-0.05, 0) is 28.1 Å². The van der Waals surface area contributed by atoms with E-state index in [2.05, 4.69) is 15.9 Å². The van der Waals surface area contributed by atoms with Crippen molar-refractivity contribution in [1.82, 2.24) is 4.90 Å². The van der Waals surface area contributed by atoms with E-state index in [0.29, 0.717) is 15.7 Å². The summed E-state index contributed by atoms with van der Waals surface area (Å²) in [6.07, 6.45) is -0.567. The Morgan fingerprint density at radius 3 is 2.74 bits per heavy atom. The third-order valence-corrected chi connectivity index (χ3v) is 4.01. The normalized spacial score (nSPS) is 22.5. The molecule has 1 aromatic rings. The van der Waals surface area contributed by atoms with Crippen LogP contribution in [-0.2, 0) is 4.79 Å². The highest BCUT2D eigenvalue weighted by atomic mass is 79.9. The Bertz CT molecular complexity index is 535. The van der Waals surface area contributed by atoms with Crippen LogP contribution in [-0.4, -0.2) is 40.5 Å². The molecule has 6 nitrogen and oxygen atoms in total. The van der Waals surface area contributed by atoms with Crippen LogP contribution in [0.3, 0.4) is 0 Å². The average molecular weight is 328 g/mol. The Balaban J connectivity index is 2.33. The van der Waals surface area contributed by atoms with Crippen LogP contribution in [0.25, 0.3) is 0 Å². The van der Waals surface area contributed by atoms with Crippen LogP contribution in [0.5, 0.6) is 0 Å². The fraction of sp³-hybridized carbons (Fsp3) is 0.333. The molecule has 0 aliphatic carbocycles. The van der Waals surface area contributed by atoms with Crippen molar-refractivity contribution in [1.29, 1.82) is 0 Å². The van der Waals surface area contributed by atoms with Crippen molar-refractivity contribution in [2.45, 2.75) is 18.6 Å². The summed E-state index contributed by atoms with van der Waals surface area (Å²) in [5.41, 5.74) is 11.8. The van der Waals surface area contributed by atoms with Crippen LogP contribution in [0.2, 0.25) is 0 Å². The van der Waals surface area contributed by atoms with Gasteiger partial charge in [-0.15, -0.1) is 0 Å². The van der Waals surface area contributed by atoms with Crippen LogP contribution in [0.1, 0.15) is 16.8 Å². The molecule has 0 saturated carbocycles. The van der Waals surface area contributed by atoms with E-state index in [9.17, 15) is 14.7 Å². The van der Waals surface area contributed by atoms with Crippen LogP contribution in [0, 0.1) is 0 Å². The van der Waals surface area contributed by atoms with E-state index in [4.69, 9.17) is 11.5 Å². The smallest absolute Gasteiger partial charge is 0.255 e. The van der Waals surface area contributed by atoms with Gasteiger partial charge in [-0.1, -0.05) is 6.07 Å². The Labute approximate surface area is 118 Å². The number of β-amino-alcohol motifs (C(OH)–C–C–N with tert-alkyl or cyclic N) is 1. The van der Waals surface area contributed by atoms with E-state index in [0.717, 1.165) is 0 Å². The van der Waals surface area contributed by atoms with E-state index in [1.54, 1.807) is 18.2 Å². The standard InChI is InChI=1S/C12H14BrN3O3/c13-10-7(2-1-3-8(10)14)12(19)16-5-6(17)4-9(16)11(15)18/h1-3,6,9,17H,4-5,14H2,(H2,15,18). The lowest BCUT2D eigenvalue weighted by molar-refractivity contribution is -0.121. The number of nitrogen functional groups attached to an aromatic ring is 1. The van der Waals surface area contributed by atoms with Gasteiger partial charge in [0.2, 0.25) is 5.91 Å². The van der Waals surface area contributed by atoms with Gasteiger partial charge < -0.3 is 21.5 Å². The van der Waals surface area contributed by atoms with Gasteiger partial charge in [0.25, 0.3) is 5.91 Å². The van der Waals surface area contributed by atoms with E-state index >= 15 is 0 Å². The Hall–Kier alpha value is -1.60. The summed E-state index contributed by atoms with van der Waals surface area (Å²) in [5.74, 6) is -0.996. The summed E-state index contributed by atoms with van der Waals surface area (Å²) >= 11 is 3.25. The summed E-state index contributed by atoms with van der Waals surface area (Å²) in [6.45, 7) is 0.0910. The van der Waals surface area contributed by atoms with Crippen molar-refractivity contribution in [3.8, 4) is 0 Å². The van der Waals surface area contributed by atoms with E-state index in [1.165, 1.54) is 4.90 Å². The molecule has 5 N–H and O–H groups in total. The zero-order valence-electron chi connectivity index (χ0n) is 10.0. The lowest BCUT2D eigenvalue weighted by Crippen LogP contribution is -2.43. The van der Waals surface area contributed by atoms with Crippen LogP contribution >= 0.6 is 15.9 Å². The number of nitrogens with zero attached hydrogens (tertiary/aromatic N) is 1. The molecule has 0 bridgehead atoms. The van der Waals surface area contributed by atoms with Crippen molar-refractivity contribution in [2.24, 2.45) is 5.73 Å². The molecule has 19 heavy (non-hydrogen) atoms. The van der Waals surface area contributed by atoms with Gasteiger partial charge in [0.05, 0.1) is 16.1 Å². The Morgan fingerprint density at radius 1 is 1.42 bits per heavy atom. The van der Waals surface area contributed by atoms with Gasteiger partial charge >= 0.3 is 0 Å². The van der Waals surface area contributed by atoms with Crippen LogP contribution in [0.4, 0.5) is 5.69 Å². The number of rotatable bonds is 2. The number of hydrogen-bond acceptors (Lipinski definition) is 4. The van der Waals surface area contributed by atoms with Crippen LogP contribution in [0.15, 0.2) is 22.7 Å². The molecule has 1 aliphatic rings. The third-order valence-electron chi connectivity index (χ3n) is 3.13. The topological polar surface area (TPSA) is 110 Å². The molecule has 2 atom stereocenters. The maximum Gasteiger partial charge on any atom is 0.255 e. The summed E-state index contributed by atoms with van der Waals surface area (Å²) in [4.78, 5) is 25.0. The average Bonchev–Trinajstić information content (AvgIpc) is 2.74. The summed E-state index contributed by atoms with van der Waals surface area (Å²) < 4.78 is 0.476. The van der Waals surface area contributed by atoms with Crippen molar-refractivity contribution in [3.63, 3.8) is 0 Å². The number of aliphatic hydroxyl groups excluding tert-OH is 1. The predicted octanol–water partition coefficient (Wildman–Crippen LogP) is 0.0920. The molecule has 2 unspecified atom stereocenters. The minimum Gasteiger partial charge on any atom is -0.398 e. The number of nitrogens with two attached hydrogens (primary N) is 2. The second-order valence-corrected chi connectivity index (χ2v) is 5.27. The monoisotopic (exact) mass is 327 g/mol. The fourth-order valence-corrected chi connectivity index (χ4v) is 2.61. The first-order valence-corrected chi connectivity index (χ1v) is 6.53. The van der Waals surface area contributed by atoms with Crippen LogP contribution < -0.4 is 11.5 Å². The molecule has 0 aromatic heterocycles. The van der Waals surface area contributed by atoms with Gasteiger partial charge in [0, 0.05) is 18.7 Å². The number of likely N-dealkylation sites (tertiary alicyclic amines) is 1. The minimum atomic E-state index is -0.782. The highest BCUT2D eigenvalue weighted by molar-refractivity contribution is 9.10. The van der Waals surface area contributed by atoms with E-state index < -0.39 is 18.1 Å². The molecule has 102 valence electrons. The first-order valence-electron chi connectivity index (χ1n) is 5.74. The highest BCUT2D eigenvalue weighted by Crippen LogP contribution is 2.27. The molecule has 1 saturated heterocycles. The number of aliphatic hydroxyl groups is 1. The molecule has 0 spiro atoms. The maximum absolute atomic E-state index is 12.4. The number of amides is 2. The van der Waals surface area contributed by atoms with Crippen molar-refractivity contribution in [2.75, 3.05) is 12.3 Å². The second-order valence-electron chi connectivity index (χ2n) is 4.47. The molecule has 1 fully saturated rings. The third kappa shape index (κ3) is 2.57. The molecule has 1 aliphatic heterocycles. The van der Waals surface area contributed by atoms with E-state index in [-0.39, 0.29) is 18.9 Å². The molecule has 2 amide bonds. The predicted molar refractivity (Wildman–Crippen MR) is 73.2 cm³/mol. The quantitative estimate of drug-likeness (QED) is 0.669.